The standard InChI is InChI=1S/C25H18N4O8/c30-23(13-7-17-2-1-3-20(14-17)29(36)37)26-21-11-8-18(25(32)33)15-22(21)27-24(31)12-6-16-4-9-19(10-5-16)28(34)35/h1-15H,(H,26,30)(H,27,31)(H,32,33)/b12-6+,13-7+. The number of anilines is 2. The first kappa shape index (κ1) is 26.0. The Kier molecular flexibility index (Phi) is 8.18. The van der Waals surface area contributed by atoms with E-state index in [1.54, 1.807) is 6.07 Å². The Morgan fingerprint density at radius 3 is 1.89 bits per heavy atom. The van der Waals surface area contributed by atoms with Gasteiger partial charge in [-0.3, -0.25) is 29.8 Å². The summed E-state index contributed by atoms with van der Waals surface area (Å²) >= 11 is 0. The van der Waals surface area contributed by atoms with Gasteiger partial charge in [0.05, 0.1) is 26.8 Å². The number of nitrogens with one attached hydrogen (secondary N) is 2. The largest absolute Gasteiger partial charge is 0.478 e. The number of non-ortho nitro benzene ring substituents is 2. The van der Waals surface area contributed by atoms with Crippen molar-refractivity contribution in [2.45, 2.75) is 0 Å². The molecule has 0 saturated carbocycles. The molecule has 0 aliphatic rings. The van der Waals surface area contributed by atoms with E-state index in [1.165, 1.54) is 72.8 Å². The zero-order valence-electron chi connectivity index (χ0n) is 18.9. The van der Waals surface area contributed by atoms with Crippen molar-refractivity contribution in [1.82, 2.24) is 0 Å². The van der Waals surface area contributed by atoms with Gasteiger partial charge in [-0.2, -0.15) is 0 Å². The number of hydrogen-bond acceptors (Lipinski definition) is 7. The molecule has 0 fully saturated rings. The third-order valence-corrected chi connectivity index (χ3v) is 4.82. The molecule has 0 heterocycles. The highest BCUT2D eigenvalue weighted by atomic mass is 16.6. The molecule has 3 N–H and O–H groups in total. The van der Waals surface area contributed by atoms with Gasteiger partial charge in [0.1, 0.15) is 0 Å². The van der Waals surface area contributed by atoms with Crippen LogP contribution >= 0.6 is 0 Å². The lowest BCUT2D eigenvalue weighted by atomic mass is 10.1. The molecule has 186 valence electrons. The second-order valence-corrected chi connectivity index (χ2v) is 7.41. The summed E-state index contributed by atoms with van der Waals surface area (Å²) < 4.78 is 0. The third kappa shape index (κ3) is 7.42. The maximum atomic E-state index is 12.4. The number of nitrogens with zero attached hydrogens (tertiary/aromatic N) is 2. The number of benzene rings is 3. The fourth-order valence-electron chi connectivity index (χ4n) is 3.03. The number of nitro benzene ring substituents is 2. The van der Waals surface area contributed by atoms with Crippen LogP contribution < -0.4 is 10.6 Å². The molecule has 37 heavy (non-hydrogen) atoms. The number of hydrogen-bond donors (Lipinski definition) is 3. The van der Waals surface area contributed by atoms with E-state index < -0.39 is 27.6 Å². The molecule has 3 aromatic carbocycles. The van der Waals surface area contributed by atoms with Gasteiger partial charge in [0.2, 0.25) is 11.8 Å². The van der Waals surface area contributed by atoms with E-state index in [9.17, 15) is 39.7 Å². The van der Waals surface area contributed by atoms with Crippen molar-refractivity contribution < 1.29 is 29.3 Å². The average Bonchev–Trinajstić information content (AvgIpc) is 2.87. The summed E-state index contributed by atoms with van der Waals surface area (Å²) in [5.74, 6) is -2.53. The fraction of sp³-hybridized carbons (Fsp3) is 0. The number of nitro groups is 2. The molecule has 3 aromatic rings. The Bertz CT molecular complexity index is 1450. The summed E-state index contributed by atoms with van der Waals surface area (Å²) in [6.45, 7) is 0. The highest BCUT2D eigenvalue weighted by molar-refractivity contribution is 6.08. The highest BCUT2D eigenvalue weighted by Gasteiger charge is 2.12. The van der Waals surface area contributed by atoms with Crippen LogP contribution in [0, 0.1) is 20.2 Å². The SMILES string of the molecule is O=C(/C=C/c1cccc([N+](=O)[O-])c1)Nc1ccc(C(=O)O)cc1NC(=O)/C=C/c1ccc([N+](=O)[O-])cc1. The summed E-state index contributed by atoms with van der Waals surface area (Å²) in [5, 5.41) is 35.9. The van der Waals surface area contributed by atoms with Gasteiger partial charge in [0.25, 0.3) is 11.4 Å². The molecule has 0 aliphatic heterocycles. The number of carbonyl (C=O) groups is 3. The van der Waals surface area contributed by atoms with Crippen LogP contribution in [0.4, 0.5) is 22.7 Å². The lowest BCUT2D eigenvalue weighted by molar-refractivity contribution is -0.385. The van der Waals surface area contributed by atoms with Gasteiger partial charge in [-0.1, -0.05) is 12.1 Å². The monoisotopic (exact) mass is 502 g/mol. The second kappa shape index (κ2) is 11.7. The maximum Gasteiger partial charge on any atom is 0.335 e. The molecule has 0 aliphatic carbocycles. The molecular weight excluding hydrogens is 484 g/mol. The summed E-state index contributed by atoms with van der Waals surface area (Å²) in [7, 11) is 0. The van der Waals surface area contributed by atoms with Crippen LogP contribution in [0.3, 0.4) is 0 Å². The van der Waals surface area contributed by atoms with E-state index >= 15 is 0 Å². The molecule has 0 radical (unpaired) electrons. The van der Waals surface area contributed by atoms with Crippen LogP contribution in [0.5, 0.6) is 0 Å². The first-order valence-corrected chi connectivity index (χ1v) is 10.5. The molecule has 0 spiro atoms. The van der Waals surface area contributed by atoms with Crippen molar-refractivity contribution in [3.8, 4) is 0 Å². The van der Waals surface area contributed by atoms with Crippen molar-refractivity contribution >= 4 is 52.7 Å². The van der Waals surface area contributed by atoms with E-state index in [4.69, 9.17) is 0 Å². The zero-order chi connectivity index (χ0) is 26.9. The normalized spacial score (nSPS) is 10.8. The van der Waals surface area contributed by atoms with Crippen LogP contribution in [0.15, 0.2) is 78.9 Å². The molecule has 0 bridgehead atoms. The zero-order valence-corrected chi connectivity index (χ0v) is 18.9. The topological polar surface area (TPSA) is 182 Å². The van der Waals surface area contributed by atoms with E-state index in [-0.39, 0.29) is 28.3 Å². The smallest absolute Gasteiger partial charge is 0.335 e. The Balaban J connectivity index is 1.75. The Morgan fingerprint density at radius 1 is 0.703 bits per heavy atom. The predicted octanol–water partition coefficient (Wildman–Crippen LogP) is 4.51. The molecule has 0 atom stereocenters. The third-order valence-electron chi connectivity index (χ3n) is 4.82. The van der Waals surface area contributed by atoms with E-state index in [2.05, 4.69) is 10.6 Å². The quantitative estimate of drug-likeness (QED) is 0.217. The van der Waals surface area contributed by atoms with Crippen LogP contribution in [0.1, 0.15) is 21.5 Å². The van der Waals surface area contributed by atoms with Crippen molar-refractivity contribution in [2.75, 3.05) is 10.6 Å². The lowest BCUT2D eigenvalue weighted by Gasteiger charge is -2.11. The Hall–Kier alpha value is -5.65. The molecule has 12 nitrogen and oxygen atoms in total. The number of carbonyl (C=O) groups excluding carboxylic acids is 2. The van der Waals surface area contributed by atoms with E-state index in [0.29, 0.717) is 11.1 Å². The summed E-state index contributed by atoms with van der Waals surface area (Å²) in [5.41, 5.74) is 0.659. The lowest BCUT2D eigenvalue weighted by Crippen LogP contribution is -2.14. The van der Waals surface area contributed by atoms with Gasteiger partial charge in [-0.15, -0.1) is 0 Å². The van der Waals surface area contributed by atoms with Crippen molar-refractivity contribution in [2.24, 2.45) is 0 Å². The maximum absolute atomic E-state index is 12.4. The molecule has 0 unspecified atom stereocenters. The van der Waals surface area contributed by atoms with Gasteiger partial charge in [0.15, 0.2) is 0 Å². The van der Waals surface area contributed by atoms with E-state index in [0.717, 1.165) is 12.2 Å². The van der Waals surface area contributed by atoms with Gasteiger partial charge in [0, 0.05) is 36.4 Å². The van der Waals surface area contributed by atoms with Crippen molar-refractivity contribution in [3.05, 3.63) is 116 Å². The molecule has 0 saturated heterocycles. The molecular formula is C25H18N4O8. The van der Waals surface area contributed by atoms with Gasteiger partial charge < -0.3 is 15.7 Å². The van der Waals surface area contributed by atoms with Crippen LogP contribution in [-0.4, -0.2) is 32.7 Å². The molecule has 12 heteroatoms. The highest BCUT2D eigenvalue weighted by Crippen LogP contribution is 2.24. The van der Waals surface area contributed by atoms with Crippen LogP contribution in [0.25, 0.3) is 12.2 Å². The predicted molar refractivity (Wildman–Crippen MR) is 135 cm³/mol. The van der Waals surface area contributed by atoms with Crippen LogP contribution in [-0.2, 0) is 9.59 Å². The summed E-state index contributed by atoms with van der Waals surface area (Å²) in [6.07, 6.45) is 5.03. The van der Waals surface area contributed by atoms with Gasteiger partial charge >= 0.3 is 5.97 Å². The second-order valence-electron chi connectivity index (χ2n) is 7.41. The van der Waals surface area contributed by atoms with Gasteiger partial charge in [-0.05, 0) is 53.6 Å². The van der Waals surface area contributed by atoms with Crippen LogP contribution in [0.2, 0.25) is 0 Å². The summed E-state index contributed by atoms with van der Waals surface area (Å²) in [4.78, 5) is 56.8. The minimum atomic E-state index is -1.25. The number of carboxylic acids is 1. The Labute approximate surface area is 208 Å². The number of amides is 2. The molecule has 0 aromatic heterocycles. The minimum Gasteiger partial charge on any atom is -0.478 e. The van der Waals surface area contributed by atoms with Crippen molar-refractivity contribution in [3.63, 3.8) is 0 Å². The average molecular weight is 502 g/mol. The minimum absolute atomic E-state index is 0.00958. The first-order chi connectivity index (χ1) is 17.6. The van der Waals surface area contributed by atoms with Crippen molar-refractivity contribution in [1.29, 1.82) is 0 Å². The fourth-order valence-corrected chi connectivity index (χ4v) is 3.03. The van der Waals surface area contributed by atoms with Gasteiger partial charge in [-0.25, -0.2) is 4.79 Å². The molecule has 2 amide bonds. The first-order valence-electron chi connectivity index (χ1n) is 10.5. The summed E-state index contributed by atoms with van der Waals surface area (Å²) in [6, 6.07) is 14.8. The number of aromatic carboxylic acids is 1. The van der Waals surface area contributed by atoms with E-state index in [1.807, 2.05) is 0 Å². The Morgan fingerprint density at radius 2 is 1.30 bits per heavy atom. The molecule has 3 rings (SSSR count). The number of carboxylic acid groups (broad SMARTS) is 1. The number of rotatable bonds is 9.